The van der Waals surface area contributed by atoms with E-state index in [9.17, 15) is 9.59 Å². The number of aryl methyl sites for hydroxylation is 2. The minimum absolute atomic E-state index is 0. The van der Waals surface area contributed by atoms with Gasteiger partial charge in [0.15, 0.2) is 5.78 Å². The van der Waals surface area contributed by atoms with Crippen LogP contribution in [0.5, 0.6) is 0 Å². The van der Waals surface area contributed by atoms with Gasteiger partial charge in [0.1, 0.15) is 11.6 Å². The van der Waals surface area contributed by atoms with Gasteiger partial charge >= 0.3 is 51.4 Å². The number of hydrogen-bond acceptors (Lipinski definition) is 9. The summed E-state index contributed by atoms with van der Waals surface area (Å²) in [5, 5.41) is 0. The van der Waals surface area contributed by atoms with Gasteiger partial charge in [0.05, 0.1) is 6.61 Å². The van der Waals surface area contributed by atoms with Crippen molar-refractivity contribution in [3.05, 3.63) is 151 Å². The van der Waals surface area contributed by atoms with Crippen LogP contribution in [0.2, 0.25) is 0 Å². The summed E-state index contributed by atoms with van der Waals surface area (Å²) in [6, 6.07) is 20.4. The molecule has 2 saturated heterocycles. The molecule has 10 heteroatoms. The second-order valence-electron chi connectivity index (χ2n) is 19.9. The quantitative estimate of drug-likeness (QED) is 0.0683. The van der Waals surface area contributed by atoms with Gasteiger partial charge in [-0.25, -0.2) is 4.98 Å². The average molecular weight is 1010 g/mol. The Morgan fingerprint density at radius 3 is 2.14 bits per heavy atom. The van der Waals surface area contributed by atoms with Crippen LogP contribution in [0.1, 0.15) is 177 Å². The van der Waals surface area contributed by atoms with Gasteiger partial charge in [-0.15, -0.1) is 6.07 Å². The van der Waals surface area contributed by atoms with Crippen molar-refractivity contribution in [1.29, 1.82) is 0 Å². The second kappa shape index (κ2) is 34.9. The SMILES string of the molecule is C=C1CCC(C)CON1.CC.CC(=O)c1ccc(C2CCN(C(C)/C(C)=C/c3c(-c4ccc(N)nc4)ccnc3C)CC2)cc1.[CH2-]CN([CH2-])CC(CCC)CCC.[CH2-]c1ccc(C)c(C(C)(C)C(C)=O)c1.[K+]. The fourth-order valence-corrected chi connectivity index (χ4v) is 8.80. The topological polar surface area (TPSA) is 114 Å². The van der Waals surface area contributed by atoms with E-state index >= 15 is 0 Å². The van der Waals surface area contributed by atoms with Crippen LogP contribution in [0.4, 0.5) is 5.82 Å². The molecule has 0 bridgehead atoms. The second-order valence-corrected chi connectivity index (χ2v) is 19.9. The number of ketones is 2. The van der Waals surface area contributed by atoms with Crippen LogP contribution in [0.3, 0.4) is 0 Å². The molecule has 2 unspecified atom stereocenters. The number of aromatic nitrogens is 2. The first-order chi connectivity index (χ1) is 33.7. The normalized spacial score (nSPS) is 15.6. The molecule has 0 saturated carbocycles. The number of hydroxylamine groups is 1. The molecule has 4 aromatic rings. The van der Waals surface area contributed by atoms with Crippen LogP contribution in [0, 0.1) is 46.6 Å². The number of likely N-dealkylation sites (tertiary alicyclic amines) is 1. The molecule has 392 valence electrons. The molecule has 3 N–H and O–H groups in total. The number of rotatable bonds is 15. The molecule has 2 aromatic carbocycles. The molecule has 2 atom stereocenters. The third-order valence-corrected chi connectivity index (χ3v) is 13.8. The largest absolute Gasteiger partial charge is 1.00 e. The van der Waals surface area contributed by atoms with Crippen molar-refractivity contribution < 1.29 is 65.8 Å². The summed E-state index contributed by atoms with van der Waals surface area (Å²) in [5.74, 6) is 2.88. The molecule has 2 aromatic heterocycles. The van der Waals surface area contributed by atoms with E-state index in [1.807, 2.05) is 95.5 Å². The zero-order valence-electron chi connectivity index (χ0n) is 47.4. The van der Waals surface area contributed by atoms with E-state index in [1.165, 1.54) is 43.2 Å². The van der Waals surface area contributed by atoms with Gasteiger partial charge < -0.3 is 17.6 Å². The van der Waals surface area contributed by atoms with Crippen molar-refractivity contribution in [3.8, 4) is 11.1 Å². The first kappa shape index (κ1) is 66.6. The molecule has 9 nitrogen and oxygen atoms in total. The summed E-state index contributed by atoms with van der Waals surface area (Å²) >= 11 is 0. The number of anilines is 1. The first-order valence-electron chi connectivity index (χ1n) is 26.3. The van der Waals surface area contributed by atoms with Crippen LogP contribution in [-0.2, 0) is 15.0 Å². The first-order valence-corrected chi connectivity index (χ1v) is 26.3. The smallest absolute Gasteiger partial charge is 0.484 e. The third-order valence-electron chi connectivity index (χ3n) is 13.8. The van der Waals surface area contributed by atoms with Gasteiger partial charge in [0, 0.05) is 51.9 Å². The van der Waals surface area contributed by atoms with E-state index in [4.69, 9.17) is 10.6 Å². The Morgan fingerprint density at radius 1 is 0.972 bits per heavy atom. The monoisotopic (exact) mass is 1010 g/mol. The van der Waals surface area contributed by atoms with Crippen molar-refractivity contribution in [2.75, 3.05) is 38.5 Å². The number of piperidine rings is 1. The summed E-state index contributed by atoms with van der Waals surface area (Å²) in [5.41, 5.74) is 20.1. The Balaban J connectivity index is 0.000000560. The molecule has 2 aliphatic heterocycles. The number of pyridine rings is 2. The fraction of sp³-hybridized carbons (Fsp3) is 0.500. The van der Waals surface area contributed by atoms with E-state index in [-0.39, 0.29) is 63.0 Å². The number of nitrogens with one attached hydrogen (secondary N) is 1. The molecule has 0 amide bonds. The molecule has 2 fully saturated rings. The van der Waals surface area contributed by atoms with Gasteiger partial charge in [0.25, 0.3) is 0 Å². The predicted octanol–water partition coefficient (Wildman–Crippen LogP) is 11.6. The molecule has 0 aliphatic carbocycles. The van der Waals surface area contributed by atoms with Crippen LogP contribution in [0.15, 0.2) is 90.9 Å². The van der Waals surface area contributed by atoms with Crippen molar-refractivity contribution in [1.82, 2.24) is 25.2 Å². The van der Waals surface area contributed by atoms with E-state index < -0.39 is 5.41 Å². The number of allylic oxidation sites excluding steroid dienone is 1. The third kappa shape index (κ3) is 22.6. The maximum Gasteiger partial charge on any atom is 1.00 e. The molecule has 0 radical (unpaired) electrons. The molecule has 0 spiro atoms. The zero-order chi connectivity index (χ0) is 53.3. The van der Waals surface area contributed by atoms with E-state index in [2.05, 4.69) is 112 Å². The number of nitrogens with zero attached hydrogens (tertiary/aromatic N) is 4. The number of Topliss-reactive ketones (excluding diaryl/α,β-unsaturated/α-hetero) is 2. The fourth-order valence-electron chi connectivity index (χ4n) is 8.80. The van der Waals surface area contributed by atoms with Crippen LogP contribution < -0.4 is 62.6 Å². The molecule has 4 heterocycles. The van der Waals surface area contributed by atoms with Crippen molar-refractivity contribution in [3.63, 3.8) is 0 Å². The summed E-state index contributed by atoms with van der Waals surface area (Å²) in [7, 11) is 3.93. The van der Waals surface area contributed by atoms with Gasteiger partial charge in [-0.3, -0.25) is 36.8 Å². The number of nitrogens with two attached hydrogens (primary N) is 1. The maximum atomic E-state index is 11.6. The number of hydrogen-bond donors (Lipinski definition) is 2. The van der Waals surface area contributed by atoms with E-state index in [0.29, 0.717) is 23.7 Å². The van der Waals surface area contributed by atoms with Crippen LogP contribution in [-0.4, -0.2) is 70.2 Å². The van der Waals surface area contributed by atoms with E-state index in [1.54, 1.807) is 13.8 Å². The number of benzene rings is 2. The average Bonchev–Trinajstić information content (AvgIpc) is 3.55. The number of carbonyl (C=O) groups is 2. The van der Waals surface area contributed by atoms with Crippen molar-refractivity contribution in [2.24, 2.45) is 11.8 Å². The van der Waals surface area contributed by atoms with Gasteiger partial charge in [-0.2, -0.15) is 31.2 Å². The molecule has 72 heavy (non-hydrogen) atoms. The molecule has 2 aliphatic rings. The standard InChI is InChI=1S/C29H34N4O.C13H17O.C11H23N.C7H13NO.C2H6.K/c1-19(17-28-20(2)31-14-11-27(28)26-9-10-29(30)32-18-26)21(3)33-15-12-25(13-16-33)24-7-5-23(6-8-24)22(4)34;1-9-6-7-10(2)12(8-9)13(4,5)11(3)14;1-5-8-11(9-6-2)10-12(4)7-3;1-6-3-4-7(2)8-9-5-6;1-2;/h5-11,14,17-18,21,25H,12-13,15-16H2,1-4H3,(H2,30,32);6-8H,1H2,2-5H3;11H,3-10H2,1-2H3;6,8H,2-5H2,1H3;1-2H3;/q;-1;-2;;;+1/b19-17+;;;;;. The molecular weight excluding hydrogens is 916 g/mol. The summed E-state index contributed by atoms with van der Waals surface area (Å²) in [6.45, 7) is 42.8. The summed E-state index contributed by atoms with van der Waals surface area (Å²) in [4.78, 5) is 41.6. The Hall–Kier alpha value is -3.45. The summed E-state index contributed by atoms with van der Waals surface area (Å²) < 4.78 is 0. The van der Waals surface area contributed by atoms with Gasteiger partial charge in [-0.1, -0.05) is 101 Å². The predicted molar refractivity (Wildman–Crippen MR) is 303 cm³/mol. The molecular formula is C62H93KN6O3-2. The Bertz CT molecular complexity index is 2220. The van der Waals surface area contributed by atoms with Crippen molar-refractivity contribution >= 4 is 23.5 Å². The van der Waals surface area contributed by atoms with Gasteiger partial charge in [0.2, 0.25) is 0 Å². The Labute approximate surface area is 481 Å². The maximum absolute atomic E-state index is 11.6. The Kier molecular flexibility index (Phi) is 32.3. The number of carbonyl (C=O) groups excluding carboxylic acids is 2. The minimum Gasteiger partial charge on any atom is -0.484 e. The van der Waals surface area contributed by atoms with Gasteiger partial charge in [-0.05, 0) is 161 Å². The van der Waals surface area contributed by atoms with Crippen LogP contribution >= 0.6 is 0 Å². The Morgan fingerprint density at radius 2 is 1.60 bits per heavy atom. The van der Waals surface area contributed by atoms with Crippen molar-refractivity contribution in [2.45, 2.75) is 159 Å². The van der Waals surface area contributed by atoms with Crippen LogP contribution in [0.25, 0.3) is 17.2 Å². The zero-order valence-corrected chi connectivity index (χ0v) is 50.5. The molecule has 6 rings (SSSR count). The minimum atomic E-state index is -0.405. The van der Waals surface area contributed by atoms with E-state index in [0.717, 1.165) is 108 Å². The number of nitrogen functional groups attached to an aromatic ring is 1. The summed E-state index contributed by atoms with van der Waals surface area (Å²) in [6.07, 6.45) is 15.7.